The van der Waals surface area contributed by atoms with Crippen molar-refractivity contribution in [1.29, 1.82) is 0 Å². The summed E-state index contributed by atoms with van der Waals surface area (Å²) in [6.45, 7) is 3.54. The fourth-order valence-electron chi connectivity index (χ4n) is 5.72. The van der Waals surface area contributed by atoms with E-state index in [0.717, 1.165) is 30.1 Å². The zero-order valence-electron chi connectivity index (χ0n) is 22.7. The van der Waals surface area contributed by atoms with Gasteiger partial charge in [0.05, 0.1) is 12.8 Å². The lowest BCUT2D eigenvalue weighted by molar-refractivity contribution is 0.0132. The van der Waals surface area contributed by atoms with E-state index in [1.165, 1.54) is 22.5 Å². The van der Waals surface area contributed by atoms with Gasteiger partial charge in [0.15, 0.2) is 17.3 Å². The van der Waals surface area contributed by atoms with E-state index < -0.39 is 42.1 Å². The van der Waals surface area contributed by atoms with Gasteiger partial charge in [-0.1, -0.05) is 24.3 Å². The van der Waals surface area contributed by atoms with Crippen LogP contribution in [0.5, 0.6) is 5.75 Å². The van der Waals surface area contributed by atoms with E-state index in [9.17, 15) is 14.4 Å². The van der Waals surface area contributed by atoms with Gasteiger partial charge in [0.25, 0.3) is 5.91 Å². The molecule has 12 heteroatoms. The molecule has 0 aliphatic carbocycles. The Bertz CT molecular complexity index is 1680. The number of benzene rings is 2. The Kier molecular flexibility index (Phi) is 7.40. The fourth-order valence-corrected chi connectivity index (χ4v) is 6.82. The summed E-state index contributed by atoms with van der Waals surface area (Å²) in [5.41, 5.74) is 4.60. The molecule has 218 valence electrons. The molecule has 4 heterocycles. The van der Waals surface area contributed by atoms with Crippen LogP contribution >= 0.6 is 11.8 Å². The molecule has 9 nitrogen and oxygen atoms in total. The van der Waals surface area contributed by atoms with Crippen LogP contribution in [0, 0.1) is 17.6 Å². The van der Waals surface area contributed by atoms with Gasteiger partial charge in [-0.05, 0) is 48.4 Å². The lowest BCUT2D eigenvalue weighted by Gasteiger charge is -2.44. The molecule has 1 fully saturated rings. The molecule has 1 saturated heterocycles. The Morgan fingerprint density at radius 3 is 2.79 bits per heavy atom. The Hall–Kier alpha value is -4.32. The van der Waals surface area contributed by atoms with Crippen molar-refractivity contribution in [3.05, 3.63) is 93.3 Å². The van der Waals surface area contributed by atoms with Crippen molar-refractivity contribution in [2.45, 2.75) is 36.1 Å². The third-order valence-electron chi connectivity index (χ3n) is 7.83. The van der Waals surface area contributed by atoms with E-state index in [0.29, 0.717) is 24.9 Å². The number of rotatable bonds is 5. The zero-order valence-corrected chi connectivity index (χ0v) is 23.5. The predicted octanol–water partition coefficient (Wildman–Crippen LogP) is 5.03. The number of piperidine rings is 1. The number of thioether (sulfide) groups is 1. The van der Waals surface area contributed by atoms with Gasteiger partial charge in [-0.15, -0.1) is 18.3 Å². The Balaban J connectivity index is 1.54. The lowest BCUT2D eigenvalue weighted by atomic mass is 9.92. The van der Waals surface area contributed by atoms with Crippen LogP contribution in [0.2, 0.25) is 0 Å². The first-order valence-electron chi connectivity index (χ1n) is 13.3. The van der Waals surface area contributed by atoms with Crippen LogP contribution in [0.1, 0.15) is 40.0 Å². The predicted molar refractivity (Wildman–Crippen MR) is 151 cm³/mol. The molecule has 0 saturated carbocycles. The van der Waals surface area contributed by atoms with Crippen LogP contribution in [0.25, 0.3) is 11.3 Å². The average molecular weight is 596 g/mol. The van der Waals surface area contributed by atoms with E-state index in [-0.39, 0.29) is 39.9 Å². The molecule has 42 heavy (non-hydrogen) atoms. The minimum Gasteiger partial charge on any atom is -0.451 e. The number of ether oxygens (including phenoxy) is 3. The highest BCUT2D eigenvalue weighted by Crippen LogP contribution is 2.41. The topological polar surface area (TPSA) is 99.1 Å². The van der Waals surface area contributed by atoms with Gasteiger partial charge < -0.3 is 24.5 Å². The SMILES string of the molecule is C=C[C@@H]1CCC2Nn3c(-c4cc(F)c(F)c5c4Cc4ccccc4SC5)cc(=O)c(OCOC(=O)OC)c3C(=O)N2C1. The van der Waals surface area contributed by atoms with E-state index in [4.69, 9.17) is 9.47 Å². The fraction of sp³-hybridized carbons (Fsp3) is 0.300. The number of hydrogen-bond donors (Lipinski definition) is 1. The number of nitrogens with one attached hydrogen (secondary N) is 1. The number of carbonyl (C=O) groups is 2. The van der Waals surface area contributed by atoms with Gasteiger partial charge in [-0.2, -0.15) is 0 Å². The maximum Gasteiger partial charge on any atom is 0.510 e. The number of aromatic nitrogens is 1. The first-order chi connectivity index (χ1) is 20.3. The molecule has 0 bridgehead atoms. The average Bonchev–Trinajstić information content (AvgIpc) is 3.20. The molecule has 2 atom stereocenters. The van der Waals surface area contributed by atoms with Crippen LogP contribution in [0.15, 0.2) is 58.7 Å². The van der Waals surface area contributed by atoms with Crippen molar-refractivity contribution in [2.75, 3.05) is 25.9 Å². The number of pyridine rings is 1. The second kappa shape index (κ2) is 11.2. The van der Waals surface area contributed by atoms with Crippen molar-refractivity contribution < 1.29 is 32.6 Å². The molecule has 1 unspecified atom stereocenters. The lowest BCUT2D eigenvalue weighted by Crippen LogP contribution is -2.57. The number of carbonyl (C=O) groups excluding carboxylic acids is 2. The largest absolute Gasteiger partial charge is 0.510 e. The summed E-state index contributed by atoms with van der Waals surface area (Å²) in [4.78, 5) is 41.6. The highest BCUT2D eigenvalue weighted by molar-refractivity contribution is 7.98. The quantitative estimate of drug-likeness (QED) is 0.249. The number of methoxy groups -OCH3 is 1. The maximum atomic E-state index is 15.2. The summed E-state index contributed by atoms with van der Waals surface area (Å²) in [6.07, 6.45) is 2.00. The Morgan fingerprint density at radius 1 is 1.19 bits per heavy atom. The normalized spacial score (nSPS) is 18.8. The van der Waals surface area contributed by atoms with Crippen molar-refractivity contribution in [2.24, 2.45) is 5.92 Å². The minimum absolute atomic E-state index is 0.0556. The van der Waals surface area contributed by atoms with E-state index in [2.05, 4.69) is 16.7 Å². The number of halogens is 2. The van der Waals surface area contributed by atoms with Gasteiger partial charge >= 0.3 is 6.16 Å². The van der Waals surface area contributed by atoms with Crippen LogP contribution in [-0.4, -0.2) is 48.3 Å². The van der Waals surface area contributed by atoms with Crippen LogP contribution in [0.4, 0.5) is 13.6 Å². The molecule has 2 aromatic carbocycles. The maximum absolute atomic E-state index is 15.2. The van der Waals surface area contributed by atoms with Gasteiger partial charge in [-0.3, -0.25) is 9.59 Å². The second-order valence-electron chi connectivity index (χ2n) is 10.2. The third kappa shape index (κ3) is 4.79. The van der Waals surface area contributed by atoms with Gasteiger partial charge in [-0.25, -0.2) is 18.3 Å². The molecule has 1 amide bonds. The second-order valence-corrected chi connectivity index (χ2v) is 11.2. The van der Waals surface area contributed by atoms with Gasteiger partial charge in [0.2, 0.25) is 18.0 Å². The van der Waals surface area contributed by atoms with Crippen LogP contribution in [0.3, 0.4) is 0 Å². The summed E-state index contributed by atoms with van der Waals surface area (Å²) in [5.74, 6) is -2.59. The summed E-state index contributed by atoms with van der Waals surface area (Å²) in [7, 11) is 1.12. The summed E-state index contributed by atoms with van der Waals surface area (Å²) in [5, 5.41) is 0. The van der Waals surface area contributed by atoms with E-state index >= 15 is 8.78 Å². The van der Waals surface area contributed by atoms with Crippen molar-refractivity contribution >= 4 is 23.8 Å². The third-order valence-corrected chi connectivity index (χ3v) is 8.98. The van der Waals surface area contributed by atoms with Crippen molar-refractivity contribution in [1.82, 2.24) is 9.58 Å². The summed E-state index contributed by atoms with van der Waals surface area (Å²) < 4.78 is 46.6. The number of hydrogen-bond acceptors (Lipinski definition) is 8. The highest BCUT2D eigenvalue weighted by Gasteiger charge is 2.40. The molecule has 0 spiro atoms. The Morgan fingerprint density at radius 2 is 2.00 bits per heavy atom. The summed E-state index contributed by atoms with van der Waals surface area (Å²) in [6, 6.07) is 9.93. The molecule has 1 N–H and O–H groups in total. The van der Waals surface area contributed by atoms with E-state index in [1.807, 2.05) is 24.3 Å². The van der Waals surface area contributed by atoms with Crippen LogP contribution in [-0.2, 0) is 21.6 Å². The number of amides is 1. The summed E-state index contributed by atoms with van der Waals surface area (Å²) >= 11 is 1.41. The highest BCUT2D eigenvalue weighted by atomic mass is 32.2. The Labute approximate surface area is 244 Å². The standard InChI is InChI=1S/C30H27F2N3O6S/c1-3-16-8-9-25-33-35-22(12-23(36)28(40-15-41-30(38)39-2)27(35)29(37)34(25)13-16)19-11-21(31)26(32)20-14-42-24-7-5-4-6-17(24)10-18(19)20/h3-7,11-12,16,25,33H,1,8-10,13-15H2,2H3/t16-,25?/m1/s1. The number of fused-ring (bicyclic) bond motifs is 4. The van der Waals surface area contributed by atoms with Gasteiger partial charge in [0, 0.05) is 34.4 Å². The van der Waals surface area contributed by atoms with Crippen molar-refractivity contribution in [3.8, 4) is 17.0 Å². The zero-order chi connectivity index (χ0) is 29.5. The molecular formula is C30H27F2N3O6S. The van der Waals surface area contributed by atoms with E-state index in [1.54, 1.807) is 11.0 Å². The molecule has 6 rings (SSSR count). The van der Waals surface area contributed by atoms with Crippen molar-refractivity contribution in [3.63, 3.8) is 0 Å². The molecule has 0 radical (unpaired) electrons. The molecule has 1 aromatic heterocycles. The molecule has 3 aliphatic heterocycles. The number of nitrogens with zero attached hydrogens (tertiary/aromatic N) is 2. The minimum atomic E-state index is -1.06. The molecular weight excluding hydrogens is 568 g/mol. The first-order valence-corrected chi connectivity index (χ1v) is 14.3. The smallest absolute Gasteiger partial charge is 0.451 e. The monoisotopic (exact) mass is 595 g/mol. The molecule has 3 aliphatic rings. The first kappa shape index (κ1) is 27.8. The van der Waals surface area contributed by atoms with Gasteiger partial charge in [0.1, 0.15) is 6.17 Å². The molecule has 3 aromatic rings. The van der Waals surface area contributed by atoms with Crippen LogP contribution < -0.4 is 15.6 Å².